The Balaban J connectivity index is 2.02. The second-order valence-corrected chi connectivity index (χ2v) is 5.64. The molecule has 0 fully saturated rings. The Bertz CT molecular complexity index is 817. The van der Waals surface area contributed by atoms with Crippen LogP contribution in [0.1, 0.15) is 28.6 Å². The van der Waals surface area contributed by atoms with Gasteiger partial charge in [0.1, 0.15) is 0 Å². The van der Waals surface area contributed by atoms with E-state index in [1.807, 2.05) is 24.3 Å². The number of furan rings is 1. The van der Waals surface area contributed by atoms with Gasteiger partial charge in [-0.2, -0.15) is 0 Å². The molecule has 0 unspecified atom stereocenters. The van der Waals surface area contributed by atoms with E-state index in [2.05, 4.69) is 6.92 Å². The van der Waals surface area contributed by atoms with Crippen LogP contribution in [0.25, 0.3) is 11.0 Å². The minimum atomic E-state index is -0.166. The van der Waals surface area contributed by atoms with Crippen LogP contribution in [-0.2, 0) is 6.42 Å². The van der Waals surface area contributed by atoms with Crippen LogP contribution in [0, 0.1) is 0 Å². The fourth-order valence-corrected chi connectivity index (χ4v) is 2.77. The van der Waals surface area contributed by atoms with E-state index in [1.165, 1.54) is 5.56 Å². The first-order chi connectivity index (χ1) is 10.1. The van der Waals surface area contributed by atoms with Gasteiger partial charge in [-0.1, -0.05) is 54.4 Å². The molecule has 2 aromatic carbocycles. The summed E-state index contributed by atoms with van der Waals surface area (Å²) in [6.45, 7) is 2.07. The number of hydrogen-bond acceptors (Lipinski definition) is 2. The van der Waals surface area contributed by atoms with E-state index in [0.29, 0.717) is 21.2 Å². The lowest BCUT2D eigenvalue weighted by atomic mass is 10.1. The van der Waals surface area contributed by atoms with Crippen LogP contribution in [0.15, 0.2) is 46.9 Å². The van der Waals surface area contributed by atoms with Gasteiger partial charge in [0.15, 0.2) is 11.3 Å². The van der Waals surface area contributed by atoms with Crippen LogP contribution in [0.4, 0.5) is 0 Å². The van der Waals surface area contributed by atoms with Gasteiger partial charge in [0.25, 0.3) is 0 Å². The van der Waals surface area contributed by atoms with Crippen molar-refractivity contribution in [3.05, 3.63) is 69.4 Å². The van der Waals surface area contributed by atoms with Crippen molar-refractivity contribution in [2.45, 2.75) is 13.3 Å². The Kier molecular flexibility index (Phi) is 3.75. The zero-order valence-corrected chi connectivity index (χ0v) is 12.8. The molecular formula is C17H12Cl2O2. The van der Waals surface area contributed by atoms with E-state index < -0.39 is 0 Å². The highest BCUT2D eigenvalue weighted by molar-refractivity contribution is 6.38. The van der Waals surface area contributed by atoms with E-state index in [9.17, 15) is 4.79 Å². The molecule has 0 aliphatic carbocycles. The molecular weight excluding hydrogens is 307 g/mol. The summed E-state index contributed by atoms with van der Waals surface area (Å²) in [5.74, 6) is 0.0967. The molecule has 106 valence electrons. The molecule has 3 aromatic rings. The van der Waals surface area contributed by atoms with Crippen LogP contribution in [-0.4, -0.2) is 5.78 Å². The molecule has 0 aliphatic heterocycles. The Hall–Kier alpha value is -1.77. The zero-order chi connectivity index (χ0) is 15.0. The molecule has 1 heterocycles. The minimum absolute atomic E-state index is 0.166. The second kappa shape index (κ2) is 5.55. The summed E-state index contributed by atoms with van der Waals surface area (Å²) < 4.78 is 5.59. The Morgan fingerprint density at radius 3 is 2.48 bits per heavy atom. The SMILES string of the molecule is CCc1ccc(C(=O)c2cc3cc(Cl)cc(Cl)c3o2)cc1. The third-order valence-electron chi connectivity index (χ3n) is 3.38. The summed E-state index contributed by atoms with van der Waals surface area (Å²) in [6, 6.07) is 12.5. The van der Waals surface area contributed by atoms with Crippen molar-refractivity contribution in [2.75, 3.05) is 0 Å². The van der Waals surface area contributed by atoms with Crippen molar-refractivity contribution < 1.29 is 9.21 Å². The van der Waals surface area contributed by atoms with Crippen molar-refractivity contribution in [1.82, 2.24) is 0 Å². The van der Waals surface area contributed by atoms with Gasteiger partial charge >= 0.3 is 0 Å². The van der Waals surface area contributed by atoms with Gasteiger partial charge < -0.3 is 4.42 Å². The maximum atomic E-state index is 12.4. The molecule has 0 spiro atoms. The third-order valence-corrected chi connectivity index (χ3v) is 3.88. The van der Waals surface area contributed by atoms with E-state index in [0.717, 1.165) is 11.8 Å². The molecule has 0 radical (unpaired) electrons. The molecule has 2 nitrogen and oxygen atoms in total. The molecule has 21 heavy (non-hydrogen) atoms. The lowest BCUT2D eigenvalue weighted by Gasteiger charge is -1.99. The zero-order valence-electron chi connectivity index (χ0n) is 11.3. The van der Waals surface area contributed by atoms with Crippen LogP contribution >= 0.6 is 23.2 Å². The second-order valence-electron chi connectivity index (χ2n) is 4.80. The highest BCUT2D eigenvalue weighted by Crippen LogP contribution is 2.31. The first kappa shape index (κ1) is 14.2. The normalized spacial score (nSPS) is 11.0. The topological polar surface area (TPSA) is 30.2 Å². The average molecular weight is 319 g/mol. The quantitative estimate of drug-likeness (QED) is 0.594. The number of fused-ring (bicyclic) bond motifs is 1. The van der Waals surface area contributed by atoms with Gasteiger partial charge in [-0.3, -0.25) is 4.79 Å². The van der Waals surface area contributed by atoms with Crippen LogP contribution in [0.2, 0.25) is 10.0 Å². The number of benzene rings is 2. The average Bonchev–Trinajstić information content (AvgIpc) is 2.91. The van der Waals surface area contributed by atoms with Gasteiger partial charge in [-0.25, -0.2) is 0 Å². The minimum Gasteiger partial charge on any atom is -0.451 e. The van der Waals surface area contributed by atoms with E-state index in [1.54, 1.807) is 18.2 Å². The van der Waals surface area contributed by atoms with Crippen LogP contribution in [0.5, 0.6) is 0 Å². The lowest BCUT2D eigenvalue weighted by molar-refractivity contribution is 0.101. The molecule has 0 amide bonds. The molecule has 0 saturated carbocycles. The van der Waals surface area contributed by atoms with Gasteiger partial charge in [0, 0.05) is 16.0 Å². The fourth-order valence-electron chi connectivity index (χ4n) is 2.22. The number of aryl methyl sites for hydroxylation is 1. The Labute approximate surface area is 132 Å². The monoisotopic (exact) mass is 318 g/mol. The van der Waals surface area contributed by atoms with Gasteiger partial charge in [-0.05, 0) is 30.2 Å². The number of halogens is 2. The fraction of sp³-hybridized carbons (Fsp3) is 0.118. The molecule has 0 bridgehead atoms. The standard InChI is InChI=1S/C17H12Cl2O2/c1-2-10-3-5-11(6-4-10)16(20)15-8-12-7-13(18)9-14(19)17(12)21-15/h3-9H,2H2,1H3. The smallest absolute Gasteiger partial charge is 0.228 e. The highest BCUT2D eigenvalue weighted by atomic mass is 35.5. The summed E-state index contributed by atoms with van der Waals surface area (Å²) in [5, 5.41) is 1.64. The summed E-state index contributed by atoms with van der Waals surface area (Å²) in [4.78, 5) is 12.4. The predicted molar refractivity (Wildman–Crippen MR) is 85.5 cm³/mol. The van der Waals surface area contributed by atoms with Crippen molar-refractivity contribution in [1.29, 1.82) is 0 Å². The molecule has 0 atom stereocenters. The molecule has 4 heteroatoms. The number of carbonyl (C=O) groups excluding carboxylic acids is 1. The van der Waals surface area contributed by atoms with Crippen molar-refractivity contribution in [3.8, 4) is 0 Å². The molecule has 0 aliphatic rings. The first-order valence-electron chi connectivity index (χ1n) is 6.60. The highest BCUT2D eigenvalue weighted by Gasteiger charge is 2.16. The lowest BCUT2D eigenvalue weighted by Crippen LogP contribution is -1.99. The largest absolute Gasteiger partial charge is 0.451 e. The van der Waals surface area contributed by atoms with E-state index in [-0.39, 0.29) is 11.5 Å². The maximum absolute atomic E-state index is 12.4. The third kappa shape index (κ3) is 2.69. The first-order valence-corrected chi connectivity index (χ1v) is 7.36. The summed E-state index contributed by atoms with van der Waals surface area (Å²) in [6.07, 6.45) is 0.938. The van der Waals surface area contributed by atoms with E-state index >= 15 is 0 Å². The number of hydrogen-bond donors (Lipinski definition) is 0. The van der Waals surface area contributed by atoms with Crippen molar-refractivity contribution >= 4 is 40.0 Å². The Morgan fingerprint density at radius 2 is 1.81 bits per heavy atom. The molecule has 0 saturated heterocycles. The van der Waals surface area contributed by atoms with E-state index in [4.69, 9.17) is 27.6 Å². The maximum Gasteiger partial charge on any atom is 0.228 e. The van der Waals surface area contributed by atoms with Gasteiger partial charge in [-0.15, -0.1) is 0 Å². The van der Waals surface area contributed by atoms with Crippen LogP contribution in [0.3, 0.4) is 0 Å². The van der Waals surface area contributed by atoms with Crippen LogP contribution < -0.4 is 0 Å². The summed E-state index contributed by atoms with van der Waals surface area (Å²) in [5.41, 5.74) is 2.26. The summed E-state index contributed by atoms with van der Waals surface area (Å²) >= 11 is 12.0. The van der Waals surface area contributed by atoms with Crippen molar-refractivity contribution in [2.24, 2.45) is 0 Å². The molecule has 3 rings (SSSR count). The van der Waals surface area contributed by atoms with Gasteiger partial charge in [0.2, 0.25) is 5.78 Å². The van der Waals surface area contributed by atoms with Gasteiger partial charge in [0.05, 0.1) is 5.02 Å². The number of carbonyl (C=O) groups is 1. The van der Waals surface area contributed by atoms with Crippen molar-refractivity contribution in [3.63, 3.8) is 0 Å². The Morgan fingerprint density at radius 1 is 1.10 bits per heavy atom. The molecule has 1 aromatic heterocycles. The predicted octanol–water partition coefficient (Wildman–Crippen LogP) is 5.53. The number of rotatable bonds is 3. The summed E-state index contributed by atoms with van der Waals surface area (Å²) in [7, 11) is 0. The number of ketones is 1. The molecule has 0 N–H and O–H groups in total.